The van der Waals surface area contributed by atoms with Gasteiger partial charge in [0.2, 0.25) is 0 Å². The van der Waals surface area contributed by atoms with Gasteiger partial charge >= 0.3 is 5.97 Å². The molecule has 20 heavy (non-hydrogen) atoms. The summed E-state index contributed by atoms with van der Waals surface area (Å²) in [6.45, 7) is 4.10. The van der Waals surface area contributed by atoms with Crippen molar-refractivity contribution in [2.45, 2.75) is 32.1 Å². The molecule has 0 aromatic heterocycles. The van der Waals surface area contributed by atoms with Crippen molar-refractivity contribution in [1.82, 2.24) is 5.32 Å². The fourth-order valence-corrected chi connectivity index (χ4v) is 1.71. The number of hydrogen-bond donors (Lipinski definition) is 2. The van der Waals surface area contributed by atoms with E-state index in [1.165, 1.54) is 7.11 Å². The molecule has 5 nitrogen and oxygen atoms in total. The van der Waals surface area contributed by atoms with Crippen molar-refractivity contribution in [3.8, 4) is 0 Å². The topological polar surface area (TPSA) is 67.8 Å². The number of hydrogen-bond acceptors (Lipinski definition) is 5. The van der Waals surface area contributed by atoms with Gasteiger partial charge < -0.3 is 19.9 Å². The lowest BCUT2D eigenvalue weighted by atomic mass is 10.1. The molecule has 0 fully saturated rings. The monoisotopic (exact) mass is 281 g/mol. The Morgan fingerprint density at radius 3 is 2.55 bits per heavy atom. The molecule has 0 saturated carbocycles. The van der Waals surface area contributed by atoms with E-state index in [4.69, 9.17) is 4.74 Å². The second kappa shape index (κ2) is 8.68. The SMILES string of the molecule is COC(=O)C(C)NCC(O)COC(C)c1ccccc1. The van der Waals surface area contributed by atoms with Crippen LogP contribution in [0, 0.1) is 0 Å². The van der Waals surface area contributed by atoms with Gasteiger partial charge in [0.25, 0.3) is 0 Å². The number of nitrogens with one attached hydrogen (secondary N) is 1. The Bertz CT molecular complexity index is 396. The Hall–Kier alpha value is -1.43. The zero-order chi connectivity index (χ0) is 15.0. The summed E-state index contributed by atoms with van der Waals surface area (Å²) < 4.78 is 10.2. The minimum Gasteiger partial charge on any atom is -0.468 e. The van der Waals surface area contributed by atoms with Gasteiger partial charge in [-0.15, -0.1) is 0 Å². The van der Waals surface area contributed by atoms with E-state index in [1.54, 1.807) is 6.92 Å². The Labute approximate surface area is 119 Å². The number of carbonyl (C=O) groups excluding carboxylic acids is 1. The summed E-state index contributed by atoms with van der Waals surface area (Å²) in [7, 11) is 1.33. The molecule has 0 aliphatic rings. The molecule has 1 rings (SSSR count). The fraction of sp³-hybridized carbons (Fsp3) is 0.533. The van der Waals surface area contributed by atoms with E-state index in [2.05, 4.69) is 10.1 Å². The third-order valence-corrected chi connectivity index (χ3v) is 3.02. The van der Waals surface area contributed by atoms with Crippen LogP contribution in [0.5, 0.6) is 0 Å². The molecule has 112 valence electrons. The predicted octanol–water partition coefficient (Wildman–Crippen LogP) is 1.28. The lowest BCUT2D eigenvalue weighted by Crippen LogP contribution is -2.40. The lowest BCUT2D eigenvalue weighted by Gasteiger charge is -2.18. The van der Waals surface area contributed by atoms with Crippen molar-refractivity contribution < 1.29 is 19.4 Å². The first-order chi connectivity index (χ1) is 9.54. The number of carbonyl (C=O) groups is 1. The smallest absolute Gasteiger partial charge is 0.322 e. The normalized spacial score (nSPS) is 15.4. The van der Waals surface area contributed by atoms with E-state index >= 15 is 0 Å². The summed E-state index contributed by atoms with van der Waals surface area (Å²) in [5.74, 6) is -0.351. The Morgan fingerprint density at radius 1 is 1.30 bits per heavy atom. The van der Waals surface area contributed by atoms with Gasteiger partial charge in [0.15, 0.2) is 0 Å². The van der Waals surface area contributed by atoms with Gasteiger partial charge in [-0.1, -0.05) is 30.3 Å². The average Bonchev–Trinajstić information content (AvgIpc) is 2.50. The molecule has 0 bridgehead atoms. The second-order valence-electron chi connectivity index (χ2n) is 4.69. The maximum Gasteiger partial charge on any atom is 0.322 e. The number of aliphatic hydroxyl groups is 1. The number of benzene rings is 1. The van der Waals surface area contributed by atoms with E-state index in [0.717, 1.165) is 5.56 Å². The number of aliphatic hydroxyl groups excluding tert-OH is 1. The van der Waals surface area contributed by atoms with E-state index < -0.39 is 12.1 Å². The van der Waals surface area contributed by atoms with Crippen LogP contribution in [0.15, 0.2) is 30.3 Å². The number of rotatable bonds is 8. The zero-order valence-corrected chi connectivity index (χ0v) is 12.2. The molecule has 0 saturated heterocycles. The molecule has 5 heteroatoms. The number of methoxy groups -OCH3 is 1. The van der Waals surface area contributed by atoms with Crippen LogP contribution in [0.1, 0.15) is 25.5 Å². The zero-order valence-electron chi connectivity index (χ0n) is 12.2. The standard InChI is InChI=1S/C15H23NO4/c1-11(15(18)19-3)16-9-14(17)10-20-12(2)13-7-5-4-6-8-13/h4-8,11-12,14,16-17H,9-10H2,1-3H3. The van der Waals surface area contributed by atoms with Crippen molar-refractivity contribution in [2.75, 3.05) is 20.3 Å². The first-order valence-electron chi connectivity index (χ1n) is 6.70. The highest BCUT2D eigenvalue weighted by Crippen LogP contribution is 2.15. The molecule has 1 aromatic rings. The molecular weight excluding hydrogens is 258 g/mol. The molecule has 3 unspecified atom stereocenters. The number of esters is 1. The fourth-order valence-electron chi connectivity index (χ4n) is 1.71. The summed E-state index contributed by atoms with van der Waals surface area (Å²) in [6.07, 6.45) is -0.753. The van der Waals surface area contributed by atoms with Crippen LogP contribution in [0.4, 0.5) is 0 Å². The van der Waals surface area contributed by atoms with Crippen LogP contribution in [0.3, 0.4) is 0 Å². The highest BCUT2D eigenvalue weighted by Gasteiger charge is 2.15. The molecule has 1 aromatic carbocycles. The summed E-state index contributed by atoms with van der Waals surface area (Å²) in [5.41, 5.74) is 1.07. The average molecular weight is 281 g/mol. The minimum absolute atomic E-state index is 0.0797. The molecule has 0 aliphatic heterocycles. The summed E-state index contributed by atoms with van der Waals surface area (Å²) in [5, 5.41) is 12.7. The summed E-state index contributed by atoms with van der Waals surface area (Å²) in [4.78, 5) is 11.2. The molecule has 0 radical (unpaired) electrons. The van der Waals surface area contributed by atoms with Crippen LogP contribution in [0.25, 0.3) is 0 Å². The van der Waals surface area contributed by atoms with Crippen LogP contribution < -0.4 is 5.32 Å². The predicted molar refractivity (Wildman–Crippen MR) is 76.3 cm³/mol. The maximum absolute atomic E-state index is 11.2. The first-order valence-corrected chi connectivity index (χ1v) is 6.70. The Morgan fingerprint density at radius 2 is 1.95 bits per heavy atom. The largest absolute Gasteiger partial charge is 0.468 e. The van der Waals surface area contributed by atoms with Gasteiger partial charge in [-0.05, 0) is 19.4 Å². The van der Waals surface area contributed by atoms with Crippen molar-refractivity contribution in [3.63, 3.8) is 0 Å². The summed E-state index contributed by atoms with van der Waals surface area (Å²) in [6, 6.07) is 9.37. The lowest BCUT2D eigenvalue weighted by molar-refractivity contribution is -0.142. The Balaban J connectivity index is 2.26. The Kier molecular flexibility index (Phi) is 7.22. The molecular formula is C15H23NO4. The van der Waals surface area contributed by atoms with Crippen LogP contribution >= 0.6 is 0 Å². The van der Waals surface area contributed by atoms with Crippen LogP contribution in [-0.2, 0) is 14.3 Å². The van der Waals surface area contributed by atoms with E-state index in [1.807, 2.05) is 37.3 Å². The van der Waals surface area contributed by atoms with E-state index in [0.29, 0.717) is 0 Å². The highest BCUT2D eigenvalue weighted by atomic mass is 16.5. The van der Waals surface area contributed by atoms with Gasteiger partial charge in [0.1, 0.15) is 6.04 Å². The third kappa shape index (κ3) is 5.69. The quantitative estimate of drug-likeness (QED) is 0.703. The van der Waals surface area contributed by atoms with Gasteiger partial charge in [0.05, 0.1) is 25.9 Å². The molecule has 2 N–H and O–H groups in total. The maximum atomic E-state index is 11.2. The minimum atomic E-state index is -0.673. The molecule has 0 heterocycles. The molecule has 0 amide bonds. The van der Waals surface area contributed by atoms with Crippen molar-refractivity contribution in [3.05, 3.63) is 35.9 Å². The van der Waals surface area contributed by atoms with Gasteiger partial charge in [-0.2, -0.15) is 0 Å². The van der Waals surface area contributed by atoms with Crippen molar-refractivity contribution in [2.24, 2.45) is 0 Å². The third-order valence-electron chi connectivity index (χ3n) is 3.02. The van der Waals surface area contributed by atoms with Crippen LogP contribution in [0.2, 0.25) is 0 Å². The number of ether oxygens (including phenoxy) is 2. The van der Waals surface area contributed by atoms with Gasteiger partial charge in [-0.3, -0.25) is 4.79 Å². The van der Waals surface area contributed by atoms with Crippen LogP contribution in [-0.4, -0.2) is 43.5 Å². The van der Waals surface area contributed by atoms with Gasteiger partial charge in [0, 0.05) is 6.54 Å². The molecule has 0 spiro atoms. The molecule has 0 aliphatic carbocycles. The second-order valence-corrected chi connectivity index (χ2v) is 4.69. The highest BCUT2D eigenvalue weighted by molar-refractivity contribution is 5.75. The van der Waals surface area contributed by atoms with E-state index in [9.17, 15) is 9.90 Å². The van der Waals surface area contributed by atoms with Gasteiger partial charge in [-0.25, -0.2) is 0 Å². The van der Waals surface area contributed by atoms with E-state index in [-0.39, 0.29) is 25.2 Å². The summed E-state index contributed by atoms with van der Waals surface area (Å²) >= 11 is 0. The van der Waals surface area contributed by atoms with Crippen molar-refractivity contribution >= 4 is 5.97 Å². The molecule has 3 atom stereocenters. The first kappa shape index (κ1) is 16.6. The van der Waals surface area contributed by atoms with Crippen molar-refractivity contribution in [1.29, 1.82) is 0 Å².